The third-order valence-corrected chi connectivity index (χ3v) is 5.24. The lowest BCUT2D eigenvalue weighted by Crippen LogP contribution is -2.02. The fraction of sp³-hybridized carbons (Fsp3) is 0.222. The van der Waals surface area contributed by atoms with E-state index in [1.807, 2.05) is 32.1 Å². The van der Waals surface area contributed by atoms with Crippen molar-refractivity contribution in [3.8, 4) is 5.75 Å². The molecule has 0 aromatic heterocycles. The summed E-state index contributed by atoms with van der Waals surface area (Å²) in [6.07, 6.45) is 3.19. The van der Waals surface area contributed by atoms with Crippen LogP contribution >= 0.6 is 0 Å². The average molecular weight is 436 g/mol. The Bertz CT molecular complexity index is 1100. The molecule has 0 unspecified atom stereocenters. The molecule has 3 aromatic carbocycles. The molecule has 166 valence electrons. The molecule has 0 atom stereocenters. The molecule has 0 amide bonds. The van der Waals surface area contributed by atoms with Gasteiger partial charge in [-0.05, 0) is 90.9 Å². The number of methoxy groups -OCH3 is 1. The van der Waals surface area contributed by atoms with Crippen molar-refractivity contribution >= 4 is 17.6 Å². The van der Waals surface area contributed by atoms with Gasteiger partial charge in [-0.3, -0.25) is 0 Å². The maximum atomic E-state index is 13.8. The topological polar surface area (TPSA) is 35.5 Å². The van der Waals surface area contributed by atoms with Gasteiger partial charge in [0, 0.05) is 6.07 Å². The number of halogens is 2. The van der Waals surface area contributed by atoms with Gasteiger partial charge in [0.15, 0.2) is 0 Å². The van der Waals surface area contributed by atoms with Gasteiger partial charge in [0.2, 0.25) is 0 Å². The number of aryl methyl sites for hydroxylation is 2. The first-order valence-electron chi connectivity index (χ1n) is 10.4. The van der Waals surface area contributed by atoms with Crippen molar-refractivity contribution in [2.24, 2.45) is 0 Å². The Labute approximate surface area is 187 Å². The van der Waals surface area contributed by atoms with Gasteiger partial charge in [-0.25, -0.2) is 13.6 Å². The molecular formula is C27H26F2O3. The number of hydrogen-bond acceptors (Lipinski definition) is 3. The minimum Gasteiger partial charge on any atom is -0.494 e. The molecule has 32 heavy (non-hydrogen) atoms. The minimum atomic E-state index is -0.604. The van der Waals surface area contributed by atoms with Crippen LogP contribution in [0.3, 0.4) is 0 Å². The first-order valence-corrected chi connectivity index (χ1v) is 10.4. The molecule has 0 fully saturated rings. The highest BCUT2D eigenvalue weighted by Crippen LogP contribution is 2.26. The van der Waals surface area contributed by atoms with E-state index in [9.17, 15) is 13.6 Å². The largest absolute Gasteiger partial charge is 0.494 e. The molecule has 0 heterocycles. The molecule has 3 nitrogen and oxygen atoms in total. The fourth-order valence-corrected chi connectivity index (χ4v) is 3.35. The van der Waals surface area contributed by atoms with Crippen molar-refractivity contribution in [2.75, 3.05) is 13.7 Å². The van der Waals surface area contributed by atoms with Crippen LogP contribution in [0.2, 0.25) is 0 Å². The van der Waals surface area contributed by atoms with Gasteiger partial charge in [0.1, 0.15) is 17.4 Å². The van der Waals surface area contributed by atoms with E-state index in [1.54, 1.807) is 24.3 Å². The van der Waals surface area contributed by atoms with Crippen LogP contribution < -0.4 is 4.74 Å². The Balaban J connectivity index is 1.72. The molecule has 3 aromatic rings. The maximum Gasteiger partial charge on any atom is 0.337 e. The zero-order valence-electron chi connectivity index (χ0n) is 18.5. The summed E-state index contributed by atoms with van der Waals surface area (Å²) in [7, 11) is 1.33. The standard InChI is InChI=1S/C27H26F2O3/c1-18-6-7-20(13-19(18)2)14-22(23-15-24(28)17-25(29)16-23)5-4-12-32-26-10-8-21(9-11-26)27(30)31-3/h6-11,13-17H,4-5,12H2,1-3H3/b22-14+. The minimum absolute atomic E-state index is 0.403. The third kappa shape index (κ3) is 6.27. The van der Waals surface area contributed by atoms with Gasteiger partial charge in [-0.1, -0.05) is 24.3 Å². The van der Waals surface area contributed by atoms with E-state index in [0.717, 1.165) is 22.8 Å². The highest BCUT2D eigenvalue weighted by molar-refractivity contribution is 5.89. The van der Waals surface area contributed by atoms with Crippen LogP contribution in [0.1, 0.15) is 45.5 Å². The number of allylic oxidation sites excluding steroid dienone is 1. The molecule has 0 saturated carbocycles. The summed E-state index contributed by atoms with van der Waals surface area (Å²) >= 11 is 0. The summed E-state index contributed by atoms with van der Waals surface area (Å²) in [5.74, 6) is -0.977. The SMILES string of the molecule is COC(=O)c1ccc(OCCC/C(=C\c2ccc(C)c(C)c2)c2cc(F)cc(F)c2)cc1. The molecular weight excluding hydrogens is 410 g/mol. The molecule has 0 saturated heterocycles. The number of rotatable bonds is 8. The summed E-state index contributed by atoms with van der Waals surface area (Å²) < 4.78 is 38.1. The smallest absolute Gasteiger partial charge is 0.337 e. The summed E-state index contributed by atoms with van der Waals surface area (Å²) in [6.45, 7) is 4.49. The van der Waals surface area contributed by atoms with Gasteiger partial charge in [0.05, 0.1) is 19.3 Å². The van der Waals surface area contributed by atoms with Crippen molar-refractivity contribution in [3.63, 3.8) is 0 Å². The molecule has 0 spiro atoms. The van der Waals surface area contributed by atoms with Gasteiger partial charge >= 0.3 is 5.97 Å². The van der Waals surface area contributed by atoms with Crippen molar-refractivity contribution in [1.29, 1.82) is 0 Å². The van der Waals surface area contributed by atoms with E-state index in [0.29, 0.717) is 36.3 Å². The predicted molar refractivity (Wildman–Crippen MR) is 123 cm³/mol. The lowest BCUT2D eigenvalue weighted by atomic mass is 9.97. The van der Waals surface area contributed by atoms with Crippen LogP contribution in [-0.4, -0.2) is 19.7 Å². The number of ether oxygens (including phenoxy) is 2. The number of carbonyl (C=O) groups excluding carboxylic acids is 1. The van der Waals surface area contributed by atoms with Gasteiger partial charge in [-0.15, -0.1) is 0 Å². The second-order valence-corrected chi connectivity index (χ2v) is 7.64. The first-order chi connectivity index (χ1) is 15.4. The van der Waals surface area contributed by atoms with E-state index in [1.165, 1.54) is 24.8 Å². The molecule has 5 heteroatoms. The second kappa shape index (κ2) is 10.7. The highest BCUT2D eigenvalue weighted by atomic mass is 19.1. The Hall–Kier alpha value is -3.47. The van der Waals surface area contributed by atoms with Crippen LogP contribution in [0, 0.1) is 25.5 Å². The van der Waals surface area contributed by atoms with Gasteiger partial charge < -0.3 is 9.47 Å². The Morgan fingerprint density at radius 1 is 0.875 bits per heavy atom. The molecule has 0 N–H and O–H groups in total. The number of hydrogen-bond donors (Lipinski definition) is 0. The van der Waals surface area contributed by atoms with Gasteiger partial charge in [0.25, 0.3) is 0 Å². The Morgan fingerprint density at radius 3 is 2.19 bits per heavy atom. The molecule has 3 rings (SSSR count). The monoisotopic (exact) mass is 436 g/mol. The molecule has 0 aliphatic carbocycles. The Kier molecular flexibility index (Phi) is 7.77. The van der Waals surface area contributed by atoms with Crippen molar-refractivity contribution < 1.29 is 23.0 Å². The number of esters is 1. The molecule has 0 aliphatic rings. The lowest BCUT2D eigenvalue weighted by molar-refractivity contribution is 0.0600. The van der Waals surface area contributed by atoms with Crippen molar-refractivity contribution in [1.82, 2.24) is 0 Å². The van der Waals surface area contributed by atoms with Crippen LogP contribution in [0.15, 0.2) is 60.7 Å². The predicted octanol–water partition coefficient (Wildman–Crippen LogP) is 6.77. The molecule has 0 bridgehead atoms. The number of benzene rings is 3. The van der Waals surface area contributed by atoms with Crippen LogP contribution in [0.25, 0.3) is 11.6 Å². The van der Waals surface area contributed by atoms with E-state index >= 15 is 0 Å². The maximum absolute atomic E-state index is 13.8. The molecule has 0 aliphatic heterocycles. The Morgan fingerprint density at radius 2 is 1.56 bits per heavy atom. The quantitative estimate of drug-likeness (QED) is 0.222. The number of carbonyl (C=O) groups is 1. The van der Waals surface area contributed by atoms with E-state index in [2.05, 4.69) is 10.8 Å². The summed E-state index contributed by atoms with van der Waals surface area (Å²) in [6, 6.07) is 16.4. The van der Waals surface area contributed by atoms with Crippen LogP contribution in [0.4, 0.5) is 8.78 Å². The van der Waals surface area contributed by atoms with E-state index < -0.39 is 17.6 Å². The zero-order valence-corrected chi connectivity index (χ0v) is 18.5. The normalized spacial score (nSPS) is 11.3. The van der Waals surface area contributed by atoms with Crippen molar-refractivity contribution in [2.45, 2.75) is 26.7 Å². The second-order valence-electron chi connectivity index (χ2n) is 7.64. The van der Waals surface area contributed by atoms with Gasteiger partial charge in [-0.2, -0.15) is 0 Å². The van der Waals surface area contributed by atoms with Crippen LogP contribution in [-0.2, 0) is 4.74 Å². The third-order valence-electron chi connectivity index (χ3n) is 5.24. The molecule has 0 radical (unpaired) electrons. The summed E-state index contributed by atoms with van der Waals surface area (Å²) in [5, 5.41) is 0. The lowest BCUT2D eigenvalue weighted by Gasteiger charge is -2.11. The van der Waals surface area contributed by atoms with E-state index in [4.69, 9.17) is 4.74 Å². The summed E-state index contributed by atoms with van der Waals surface area (Å²) in [5.41, 5.74) is 5.12. The van der Waals surface area contributed by atoms with Crippen LogP contribution in [0.5, 0.6) is 5.75 Å². The van der Waals surface area contributed by atoms with Crippen molar-refractivity contribution in [3.05, 3.63) is 100 Å². The zero-order chi connectivity index (χ0) is 23.1. The first kappa shape index (κ1) is 23.2. The average Bonchev–Trinajstić information content (AvgIpc) is 2.77. The van der Waals surface area contributed by atoms with E-state index in [-0.39, 0.29) is 0 Å². The highest BCUT2D eigenvalue weighted by Gasteiger charge is 2.09. The summed E-state index contributed by atoms with van der Waals surface area (Å²) in [4.78, 5) is 11.5. The fourth-order valence-electron chi connectivity index (χ4n) is 3.35.